The molecule has 0 saturated heterocycles. The zero-order valence-electron chi connectivity index (χ0n) is 6.41. The maximum Gasteiger partial charge on any atom is 0.419 e. The summed E-state index contributed by atoms with van der Waals surface area (Å²) in [4.78, 5) is 3.61. The molecule has 0 N–H and O–H groups in total. The van der Waals surface area contributed by atoms with Crippen LogP contribution in [0, 0.1) is 6.92 Å². The van der Waals surface area contributed by atoms with Gasteiger partial charge < -0.3 is 0 Å². The Hall–Kier alpha value is -0.100. The van der Waals surface area contributed by atoms with E-state index in [4.69, 9.17) is 0 Å². The predicted octanol–water partition coefficient (Wildman–Crippen LogP) is 3.93. The summed E-state index contributed by atoms with van der Waals surface area (Å²) in [6, 6.07) is 1.33. The van der Waals surface area contributed by atoms with Gasteiger partial charge in [-0.2, -0.15) is 13.2 Å². The molecule has 1 aromatic heterocycles. The summed E-state index contributed by atoms with van der Waals surface area (Å²) < 4.78 is 37.3. The molecule has 0 aromatic carbocycles. The number of halogens is 5. The third-order valence-corrected chi connectivity index (χ3v) is 2.40. The SMILES string of the molecule is Cc1cc(Br)nc(Br)c1C(F)(F)F. The van der Waals surface area contributed by atoms with Gasteiger partial charge in [-0.1, -0.05) is 0 Å². The molecular weight excluding hydrogens is 315 g/mol. The number of rotatable bonds is 0. The summed E-state index contributed by atoms with van der Waals surface area (Å²) in [5, 5.41) is 0. The highest BCUT2D eigenvalue weighted by atomic mass is 79.9. The Morgan fingerprint density at radius 1 is 1.31 bits per heavy atom. The minimum atomic E-state index is -4.36. The Kier molecular flexibility index (Phi) is 3.01. The Morgan fingerprint density at radius 3 is 2.23 bits per heavy atom. The number of nitrogens with zero attached hydrogens (tertiary/aromatic N) is 1. The maximum atomic E-state index is 12.4. The fraction of sp³-hybridized carbons (Fsp3) is 0.286. The van der Waals surface area contributed by atoms with Gasteiger partial charge in [0.1, 0.15) is 9.21 Å². The van der Waals surface area contributed by atoms with Crippen molar-refractivity contribution in [3.63, 3.8) is 0 Å². The third-order valence-electron chi connectivity index (χ3n) is 1.42. The number of alkyl halides is 3. The van der Waals surface area contributed by atoms with Crippen LogP contribution in [0.3, 0.4) is 0 Å². The van der Waals surface area contributed by atoms with Crippen LogP contribution in [0.25, 0.3) is 0 Å². The average molecular weight is 319 g/mol. The minimum absolute atomic E-state index is 0.140. The minimum Gasteiger partial charge on any atom is -0.233 e. The van der Waals surface area contributed by atoms with Gasteiger partial charge in [0.15, 0.2) is 0 Å². The van der Waals surface area contributed by atoms with Crippen LogP contribution >= 0.6 is 31.9 Å². The summed E-state index contributed by atoms with van der Waals surface area (Å²) in [6.45, 7) is 1.39. The standard InChI is InChI=1S/C7H4Br2F3N/c1-3-2-4(8)13-6(9)5(3)7(10,11)12/h2H,1H3. The molecule has 0 saturated carbocycles. The second kappa shape index (κ2) is 3.57. The first-order chi connectivity index (χ1) is 5.82. The van der Waals surface area contributed by atoms with Crippen LogP contribution in [-0.2, 0) is 6.18 Å². The molecule has 0 unspecified atom stereocenters. The van der Waals surface area contributed by atoms with E-state index in [1.807, 2.05) is 0 Å². The highest BCUT2D eigenvalue weighted by Crippen LogP contribution is 2.36. The number of aryl methyl sites for hydroxylation is 1. The quantitative estimate of drug-likeness (QED) is 0.660. The molecule has 13 heavy (non-hydrogen) atoms. The lowest BCUT2D eigenvalue weighted by Gasteiger charge is -2.11. The van der Waals surface area contributed by atoms with E-state index in [0.717, 1.165) is 0 Å². The lowest BCUT2D eigenvalue weighted by atomic mass is 10.1. The van der Waals surface area contributed by atoms with Gasteiger partial charge >= 0.3 is 6.18 Å². The number of hydrogen-bond donors (Lipinski definition) is 0. The molecule has 1 rings (SSSR count). The van der Waals surface area contributed by atoms with E-state index >= 15 is 0 Å². The van der Waals surface area contributed by atoms with E-state index in [9.17, 15) is 13.2 Å². The molecule has 0 radical (unpaired) electrons. The van der Waals surface area contributed by atoms with Crippen molar-refractivity contribution >= 4 is 31.9 Å². The van der Waals surface area contributed by atoms with E-state index in [0.29, 0.717) is 4.60 Å². The lowest BCUT2D eigenvalue weighted by Crippen LogP contribution is -2.09. The molecule has 0 aliphatic rings. The van der Waals surface area contributed by atoms with E-state index in [-0.39, 0.29) is 10.2 Å². The average Bonchev–Trinajstić information content (AvgIpc) is 1.78. The van der Waals surface area contributed by atoms with Crippen molar-refractivity contribution in [3.8, 4) is 0 Å². The Bertz CT molecular complexity index is 312. The van der Waals surface area contributed by atoms with Crippen LogP contribution in [0.2, 0.25) is 0 Å². The van der Waals surface area contributed by atoms with Crippen molar-refractivity contribution in [2.45, 2.75) is 13.1 Å². The lowest BCUT2D eigenvalue weighted by molar-refractivity contribution is -0.138. The Labute approximate surface area is 89.6 Å². The fourth-order valence-corrected chi connectivity index (χ4v) is 2.42. The van der Waals surface area contributed by atoms with Crippen LogP contribution in [0.4, 0.5) is 13.2 Å². The number of aromatic nitrogens is 1. The first-order valence-corrected chi connectivity index (χ1v) is 4.81. The summed E-state index contributed by atoms with van der Waals surface area (Å²) in [6.07, 6.45) is -4.36. The number of pyridine rings is 1. The van der Waals surface area contributed by atoms with Crippen molar-refractivity contribution < 1.29 is 13.2 Å². The first-order valence-electron chi connectivity index (χ1n) is 3.22. The Balaban J connectivity index is 3.38. The summed E-state index contributed by atoms with van der Waals surface area (Å²) in [7, 11) is 0. The zero-order chi connectivity index (χ0) is 10.2. The van der Waals surface area contributed by atoms with Crippen molar-refractivity contribution in [3.05, 3.63) is 26.4 Å². The molecule has 1 heterocycles. The smallest absolute Gasteiger partial charge is 0.233 e. The third kappa shape index (κ3) is 2.43. The second-order valence-corrected chi connectivity index (χ2v) is 3.99. The van der Waals surface area contributed by atoms with Gasteiger partial charge in [-0.25, -0.2) is 4.98 Å². The largest absolute Gasteiger partial charge is 0.419 e. The van der Waals surface area contributed by atoms with Gasteiger partial charge in [0.05, 0.1) is 5.56 Å². The molecule has 0 bridgehead atoms. The predicted molar refractivity (Wildman–Crippen MR) is 49.4 cm³/mol. The van der Waals surface area contributed by atoms with Crippen LogP contribution < -0.4 is 0 Å². The van der Waals surface area contributed by atoms with Gasteiger partial charge in [0.25, 0.3) is 0 Å². The molecule has 0 aliphatic heterocycles. The van der Waals surface area contributed by atoms with Crippen LogP contribution in [0.15, 0.2) is 15.3 Å². The number of hydrogen-bond acceptors (Lipinski definition) is 1. The summed E-state index contributed by atoms with van der Waals surface area (Å²) >= 11 is 5.78. The molecule has 1 aromatic rings. The fourth-order valence-electron chi connectivity index (χ4n) is 0.936. The van der Waals surface area contributed by atoms with Gasteiger partial charge in [-0.05, 0) is 50.4 Å². The monoisotopic (exact) mass is 317 g/mol. The highest BCUT2D eigenvalue weighted by molar-refractivity contribution is 9.11. The molecule has 0 fully saturated rings. The van der Waals surface area contributed by atoms with Gasteiger partial charge in [0.2, 0.25) is 0 Å². The van der Waals surface area contributed by atoms with E-state index in [1.165, 1.54) is 13.0 Å². The van der Waals surface area contributed by atoms with Gasteiger partial charge in [-0.3, -0.25) is 0 Å². The van der Waals surface area contributed by atoms with Crippen molar-refractivity contribution in [1.82, 2.24) is 4.98 Å². The molecule has 72 valence electrons. The Morgan fingerprint density at radius 2 is 1.85 bits per heavy atom. The molecule has 0 spiro atoms. The summed E-state index contributed by atoms with van der Waals surface area (Å²) in [5.74, 6) is 0. The molecule has 1 nitrogen and oxygen atoms in total. The van der Waals surface area contributed by atoms with Crippen LogP contribution in [0.1, 0.15) is 11.1 Å². The van der Waals surface area contributed by atoms with Crippen molar-refractivity contribution in [2.75, 3.05) is 0 Å². The van der Waals surface area contributed by atoms with Gasteiger partial charge in [0, 0.05) is 0 Å². The van der Waals surface area contributed by atoms with E-state index < -0.39 is 11.7 Å². The van der Waals surface area contributed by atoms with Crippen LogP contribution in [-0.4, -0.2) is 4.98 Å². The van der Waals surface area contributed by atoms with E-state index in [2.05, 4.69) is 36.8 Å². The second-order valence-electron chi connectivity index (χ2n) is 2.43. The highest BCUT2D eigenvalue weighted by Gasteiger charge is 2.35. The molecule has 0 aliphatic carbocycles. The van der Waals surface area contributed by atoms with Crippen molar-refractivity contribution in [1.29, 1.82) is 0 Å². The normalized spacial score (nSPS) is 11.8. The molecule has 6 heteroatoms. The molecule has 0 amide bonds. The molecular formula is C7H4Br2F3N. The van der Waals surface area contributed by atoms with Crippen molar-refractivity contribution in [2.24, 2.45) is 0 Å². The van der Waals surface area contributed by atoms with E-state index in [1.54, 1.807) is 0 Å². The molecule has 0 atom stereocenters. The summed E-state index contributed by atoms with van der Waals surface area (Å²) in [5.41, 5.74) is -0.586. The first kappa shape index (κ1) is 11.0. The topological polar surface area (TPSA) is 12.9 Å². The zero-order valence-corrected chi connectivity index (χ0v) is 9.59. The van der Waals surface area contributed by atoms with Crippen LogP contribution in [0.5, 0.6) is 0 Å². The van der Waals surface area contributed by atoms with Gasteiger partial charge in [-0.15, -0.1) is 0 Å². The maximum absolute atomic E-state index is 12.4.